The van der Waals surface area contributed by atoms with Crippen molar-refractivity contribution in [3.8, 4) is 23.2 Å². The van der Waals surface area contributed by atoms with Crippen molar-refractivity contribution < 1.29 is 40.4 Å². The standard InChI is InChI=1S/C21H14F5N5OS.C9H12N2O2.C7H12FN/c1-3-29-19-9-6-11(21(24,25)26)14(15(23)16(9)30-20(31-19)32-2)8-4-5-12(22)17-13(8)10(7-27)18(28)33-17;1-7-6-10-13-8(7)9(12)11-4-2-3-5-11;8-6-4-7-2-1-3-9(7)5-6/h4-6H,3,28H2,1-2H3,(H,29,30,31);6H,2-5H2,1H3;6-7H,1-5H2. The number of nitrogens with zero attached hydrogens (tertiary/aromatic N) is 6. The van der Waals surface area contributed by atoms with E-state index in [0.717, 1.165) is 62.7 Å². The fourth-order valence-electron chi connectivity index (χ4n) is 7.18. The lowest BCUT2D eigenvalue weighted by atomic mass is 9.92. The number of aromatic nitrogens is 3. The van der Waals surface area contributed by atoms with Gasteiger partial charge in [0, 0.05) is 54.1 Å². The van der Waals surface area contributed by atoms with Crippen LogP contribution in [0.15, 0.2) is 28.9 Å². The van der Waals surface area contributed by atoms with Crippen LogP contribution in [0.1, 0.15) is 66.3 Å². The number of nitrogens with two attached hydrogens (primary N) is 1. The molecule has 3 aromatic heterocycles. The lowest BCUT2D eigenvalue weighted by Crippen LogP contribution is -2.27. The number of ether oxygens (including phenoxy) is 1. The molecule has 0 radical (unpaired) electrons. The van der Waals surface area contributed by atoms with Gasteiger partial charge in [0.2, 0.25) is 5.76 Å². The maximum atomic E-state index is 15.9. The molecule has 0 saturated carbocycles. The van der Waals surface area contributed by atoms with Crippen LogP contribution in [-0.2, 0) is 6.18 Å². The molecule has 2 unspecified atom stereocenters. The van der Waals surface area contributed by atoms with Crippen LogP contribution in [0.5, 0.6) is 6.01 Å². The van der Waals surface area contributed by atoms with Crippen LogP contribution in [0.2, 0.25) is 0 Å². The van der Waals surface area contributed by atoms with Crippen LogP contribution in [0.25, 0.3) is 32.1 Å². The highest BCUT2D eigenvalue weighted by molar-refractivity contribution is 7.23. The number of halogens is 6. The first-order valence-electron chi connectivity index (χ1n) is 17.7. The minimum atomic E-state index is -5.00. The predicted octanol–water partition coefficient (Wildman–Crippen LogP) is 8.11. The second-order valence-corrected chi connectivity index (χ2v) is 14.4. The molecule has 55 heavy (non-hydrogen) atoms. The summed E-state index contributed by atoms with van der Waals surface area (Å²) < 4.78 is 95.1. The van der Waals surface area contributed by atoms with E-state index in [1.807, 2.05) is 11.8 Å². The molecule has 2 atom stereocenters. The fraction of sp³-hybridized carbons (Fsp3) is 0.432. The summed E-state index contributed by atoms with van der Waals surface area (Å²) in [4.78, 5) is 23.7. The third kappa shape index (κ3) is 7.99. The highest BCUT2D eigenvalue weighted by Crippen LogP contribution is 2.47. The number of hydrogen-bond acceptors (Lipinski definition) is 11. The van der Waals surface area contributed by atoms with Gasteiger partial charge in [0.05, 0.1) is 29.1 Å². The van der Waals surface area contributed by atoms with Gasteiger partial charge in [-0.2, -0.15) is 28.4 Å². The molecule has 18 heteroatoms. The number of hydrogen-bond donors (Lipinski definition) is 2. The molecule has 11 nitrogen and oxygen atoms in total. The van der Waals surface area contributed by atoms with E-state index in [1.165, 1.54) is 20.0 Å². The predicted molar refractivity (Wildman–Crippen MR) is 196 cm³/mol. The Bertz CT molecular complexity index is 2240. The summed E-state index contributed by atoms with van der Waals surface area (Å²) >= 11 is 0.698. The zero-order chi connectivity index (χ0) is 39.6. The lowest BCUT2D eigenvalue weighted by molar-refractivity contribution is -0.137. The highest BCUT2D eigenvalue weighted by Gasteiger charge is 2.38. The Hall–Kier alpha value is -5.15. The molecule has 8 rings (SSSR count). The molecule has 0 bridgehead atoms. The molecule has 292 valence electrons. The van der Waals surface area contributed by atoms with Gasteiger partial charge in [-0.25, -0.2) is 13.2 Å². The second-order valence-electron chi connectivity index (χ2n) is 13.3. The van der Waals surface area contributed by atoms with E-state index in [9.17, 15) is 32.0 Å². The van der Waals surface area contributed by atoms with Gasteiger partial charge in [0.1, 0.15) is 34.4 Å². The molecule has 0 spiro atoms. The molecular formula is C37H38F6N8O3S. The van der Waals surface area contributed by atoms with Gasteiger partial charge in [-0.05, 0) is 70.2 Å². The normalized spacial score (nSPS) is 18.1. The van der Waals surface area contributed by atoms with E-state index >= 15 is 4.39 Å². The number of benzene rings is 2. The van der Waals surface area contributed by atoms with Crippen LogP contribution in [0, 0.1) is 29.9 Å². The van der Waals surface area contributed by atoms with Crippen molar-refractivity contribution in [1.82, 2.24) is 24.9 Å². The summed E-state index contributed by atoms with van der Waals surface area (Å²) in [5.41, 5.74) is 3.41. The molecule has 1 amide bonds. The fourth-order valence-corrected chi connectivity index (χ4v) is 8.13. The molecule has 6 heterocycles. The van der Waals surface area contributed by atoms with Crippen molar-refractivity contribution >= 4 is 49.1 Å². The SMILES string of the molecule is CCNc1nc(OC)nc2c(F)c(-c3ccc(F)c4sc(N)c(C#N)c34)c(C(F)(F)F)cc12.Cc1cnoc1C(=O)N1CCCC1.FC1CC2CCCN2C1. The third-order valence-electron chi connectivity index (χ3n) is 9.74. The Morgan fingerprint density at radius 1 is 1.18 bits per heavy atom. The summed E-state index contributed by atoms with van der Waals surface area (Å²) in [5, 5.41) is 15.4. The van der Waals surface area contributed by atoms with Gasteiger partial charge in [0.25, 0.3) is 5.91 Å². The quantitative estimate of drug-likeness (QED) is 0.168. The van der Waals surface area contributed by atoms with Gasteiger partial charge < -0.3 is 25.2 Å². The third-order valence-corrected chi connectivity index (χ3v) is 10.8. The van der Waals surface area contributed by atoms with Crippen LogP contribution >= 0.6 is 11.3 Å². The maximum Gasteiger partial charge on any atom is 0.417 e. The molecule has 3 aliphatic heterocycles. The summed E-state index contributed by atoms with van der Waals surface area (Å²) in [7, 11) is 1.23. The van der Waals surface area contributed by atoms with Crippen molar-refractivity contribution in [3.05, 3.63) is 58.5 Å². The Morgan fingerprint density at radius 2 is 1.93 bits per heavy atom. The number of fused-ring (bicyclic) bond motifs is 3. The van der Waals surface area contributed by atoms with Gasteiger partial charge >= 0.3 is 12.2 Å². The maximum absolute atomic E-state index is 15.9. The van der Waals surface area contributed by atoms with Crippen LogP contribution in [0.3, 0.4) is 0 Å². The molecule has 3 saturated heterocycles. The lowest BCUT2D eigenvalue weighted by Gasteiger charge is -2.18. The van der Waals surface area contributed by atoms with Crippen molar-refractivity contribution in [1.29, 1.82) is 5.26 Å². The highest BCUT2D eigenvalue weighted by atomic mass is 32.1. The van der Waals surface area contributed by atoms with Gasteiger partial charge in [0.15, 0.2) is 5.82 Å². The number of rotatable bonds is 5. The zero-order valence-corrected chi connectivity index (χ0v) is 31.0. The number of carbonyl (C=O) groups excluding carboxylic acids is 1. The first kappa shape index (κ1) is 39.5. The second kappa shape index (κ2) is 16.3. The summed E-state index contributed by atoms with van der Waals surface area (Å²) in [5.74, 6) is -1.78. The first-order chi connectivity index (χ1) is 26.3. The van der Waals surface area contributed by atoms with Crippen molar-refractivity contribution in [2.24, 2.45) is 0 Å². The number of nitrogens with one attached hydrogen (secondary N) is 1. The topological polar surface area (TPSA) is 146 Å². The number of thiophene rings is 1. The van der Waals surface area contributed by atoms with Crippen molar-refractivity contribution in [3.63, 3.8) is 0 Å². The van der Waals surface area contributed by atoms with Gasteiger partial charge in [-0.15, -0.1) is 11.3 Å². The van der Waals surface area contributed by atoms with E-state index in [-0.39, 0.29) is 55.9 Å². The summed E-state index contributed by atoms with van der Waals surface area (Å²) in [6.45, 7) is 7.36. The average molecular weight is 789 g/mol. The van der Waals surface area contributed by atoms with Crippen molar-refractivity contribution in [2.45, 2.75) is 64.3 Å². The average Bonchev–Trinajstić information content (AvgIpc) is 3.99. The molecular weight excluding hydrogens is 751 g/mol. The van der Waals surface area contributed by atoms with Crippen LogP contribution in [-0.4, -0.2) is 82.9 Å². The smallest absolute Gasteiger partial charge is 0.417 e. The van der Waals surface area contributed by atoms with Crippen molar-refractivity contribution in [2.75, 3.05) is 50.9 Å². The number of nitrogen functional groups attached to an aromatic ring is 1. The summed E-state index contributed by atoms with van der Waals surface area (Å²) in [6.07, 6.45) is 1.58. The molecule has 2 aromatic carbocycles. The van der Waals surface area contributed by atoms with Crippen LogP contribution in [0.4, 0.5) is 37.2 Å². The number of amides is 1. The van der Waals surface area contributed by atoms with E-state index < -0.39 is 40.6 Å². The number of anilines is 2. The van der Waals surface area contributed by atoms with E-state index in [2.05, 4.69) is 25.3 Å². The first-order valence-corrected chi connectivity index (χ1v) is 18.5. The van der Waals surface area contributed by atoms with Gasteiger partial charge in [-0.1, -0.05) is 11.2 Å². The minimum Gasteiger partial charge on any atom is -0.467 e. The Morgan fingerprint density at radius 3 is 2.55 bits per heavy atom. The summed E-state index contributed by atoms with van der Waals surface area (Å²) in [6, 6.07) is 4.75. The minimum absolute atomic E-state index is 0.0208. The Balaban J connectivity index is 0.000000187. The molecule has 3 fully saturated rings. The van der Waals surface area contributed by atoms with E-state index in [1.54, 1.807) is 19.2 Å². The van der Waals surface area contributed by atoms with E-state index in [0.29, 0.717) is 29.7 Å². The zero-order valence-electron chi connectivity index (χ0n) is 30.2. The number of aryl methyl sites for hydroxylation is 1. The van der Waals surface area contributed by atoms with Gasteiger partial charge in [-0.3, -0.25) is 9.69 Å². The number of alkyl halides is 4. The monoisotopic (exact) mass is 788 g/mol. The number of nitriles is 1. The van der Waals surface area contributed by atoms with E-state index in [4.69, 9.17) is 15.0 Å². The molecule has 3 aliphatic rings. The number of carbonyl (C=O) groups is 1. The Kier molecular flexibility index (Phi) is 11.7. The molecule has 5 aromatic rings. The molecule has 3 N–H and O–H groups in total. The number of likely N-dealkylation sites (tertiary alicyclic amines) is 1. The largest absolute Gasteiger partial charge is 0.467 e. The van der Waals surface area contributed by atoms with Crippen LogP contribution < -0.4 is 15.8 Å². The Labute approximate surface area is 316 Å². The number of methoxy groups -OCH3 is 1. The molecule has 0 aliphatic carbocycles.